The molecule has 2 aromatic rings. The zero-order valence-electron chi connectivity index (χ0n) is 18.4. The van der Waals surface area contributed by atoms with Gasteiger partial charge in [0.2, 0.25) is 0 Å². The lowest BCUT2D eigenvalue weighted by Crippen LogP contribution is -2.58. The van der Waals surface area contributed by atoms with Crippen LogP contribution in [0.1, 0.15) is 52.5 Å². The summed E-state index contributed by atoms with van der Waals surface area (Å²) in [6.45, 7) is 11.6. The van der Waals surface area contributed by atoms with Gasteiger partial charge in [-0.3, -0.25) is 9.78 Å². The molecule has 0 bridgehead atoms. The van der Waals surface area contributed by atoms with Gasteiger partial charge in [-0.15, -0.1) is 11.3 Å². The van der Waals surface area contributed by atoms with Gasteiger partial charge in [0.1, 0.15) is 11.3 Å². The minimum Gasteiger partial charge on any atom is -0.444 e. The standard InChI is InChI=1S/C21H28BrN5O3S.CH4/c1-13(2)17-11-26(8-9-27(17)20(29)30-21(3,4)5)16-6-7-23-10-14(16)24-18(28)15-12-31-19(22)25-15;/h6-7,10,12-13,17H,8-9,11H2,1-5H3,(H,24,28);1H4/t17-;/m1./s1. The summed E-state index contributed by atoms with van der Waals surface area (Å²) < 4.78 is 6.27. The third kappa shape index (κ3) is 6.41. The van der Waals surface area contributed by atoms with Gasteiger partial charge in [-0.2, -0.15) is 0 Å². The molecule has 10 heteroatoms. The molecule has 1 aliphatic rings. The number of ether oxygens (including phenoxy) is 1. The predicted octanol–water partition coefficient (Wildman–Crippen LogP) is 5.27. The Hall–Kier alpha value is -2.20. The molecule has 1 fully saturated rings. The van der Waals surface area contributed by atoms with Crippen molar-refractivity contribution in [2.24, 2.45) is 5.92 Å². The maximum atomic E-state index is 12.8. The Bertz CT molecular complexity index is 944. The molecule has 0 unspecified atom stereocenters. The van der Waals surface area contributed by atoms with E-state index in [-0.39, 0.29) is 31.4 Å². The molecule has 0 saturated carbocycles. The van der Waals surface area contributed by atoms with Crippen LogP contribution in [0.5, 0.6) is 0 Å². The molecule has 1 saturated heterocycles. The van der Waals surface area contributed by atoms with E-state index >= 15 is 0 Å². The number of halogens is 1. The number of piperazine rings is 1. The van der Waals surface area contributed by atoms with Crippen LogP contribution in [0.2, 0.25) is 0 Å². The average Bonchev–Trinajstić information content (AvgIpc) is 3.13. The fourth-order valence-corrected chi connectivity index (χ4v) is 4.44. The number of carbonyl (C=O) groups excluding carboxylic acids is 2. The average molecular weight is 527 g/mol. The van der Waals surface area contributed by atoms with Gasteiger partial charge in [-0.1, -0.05) is 21.3 Å². The monoisotopic (exact) mass is 525 g/mol. The number of carbonyl (C=O) groups is 2. The lowest BCUT2D eigenvalue weighted by atomic mass is 9.99. The number of amides is 2. The molecule has 32 heavy (non-hydrogen) atoms. The Morgan fingerprint density at radius 3 is 2.62 bits per heavy atom. The molecular formula is C22H32BrN5O3S. The number of hydrogen-bond acceptors (Lipinski definition) is 7. The molecule has 3 heterocycles. The quantitative estimate of drug-likeness (QED) is 0.584. The fraction of sp³-hybridized carbons (Fsp3) is 0.545. The van der Waals surface area contributed by atoms with Crippen LogP contribution in [-0.2, 0) is 4.74 Å². The third-order valence-corrected chi connectivity index (χ3v) is 6.28. The maximum absolute atomic E-state index is 12.8. The Morgan fingerprint density at radius 2 is 2.03 bits per heavy atom. The lowest BCUT2D eigenvalue weighted by Gasteiger charge is -2.44. The first-order chi connectivity index (χ1) is 14.5. The van der Waals surface area contributed by atoms with Crippen molar-refractivity contribution in [2.75, 3.05) is 29.9 Å². The molecule has 0 aliphatic carbocycles. The van der Waals surface area contributed by atoms with Gasteiger partial charge in [0.15, 0.2) is 3.92 Å². The minimum absolute atomic E-state index is 0. The van der Waals surface area contributed by atoms with Crippen molar-refractivity contribution in [3.05, 3.63) is 33.5 Å². The SMILES string of the molecule is C.CC(C)[C@H]1CN(c2ccncc2NC(=O)c2csc(Br)n2)CCN1C(=O)OC(C)(C)C. The van der Waals surface area contributed by atoms with Crippen molar-refractivity contribution >= 4 is 50.6 Å². The van der Waals surface area contributed by atoms with Crippen molar-refractivity contribution < 1.29 is 14.3 Å². The van der Waals surface area contributed by atoms with Crippen molar-refractivity contribution in [3.63, 3.8) is 0 Å². The highest BCUT2D eigenvalue weighted by atomic mass is 79.9. The van der Waals surface area contributed by atoms with Gasteiger partial charge in [-0.05, 0) is 48.7 Å². The van der Waals surface area contributed by atoms with Crippen LogP contribution in [0.15, 0.2) is 27.8 Å². The molecule has 0 radical (unpaired) electrons. The van der Waals surface area contributed by atoms with E-state index in [4.69, 9.17) is 4.74 Å². The number of anilines is 2. The highest BCUT2D eigenvalue weighted by Gasteiger charge is 2.35. The Morgan fingerprint density at radius 1 is 1.31 bits per heavy atom. The van der Waals surface area contributed by atoms with Crippen molar-refractivity contribution in [1.82, 2.24) is 14.9 Å². The summed E-state index contributed by atoms with van der Waals surface area (Å²) in [4.78, 5) is 37.7. The number of rotatable bonds is 4. The summed E-state index contributed by atoms with van der Waals surface area (Å²) in [6, 6.07) is 1.86. The van der Waals surface area contributed by atoms with E-state index in [0.717, 1.165) is 5.69 Å². The van der Waals surface area contributed by atoms with Crippen LogP contribution in [0.4, 0.5) is 16.2 Å². The van der Waals surface area contributed by atoms with Crippen molar-refractivity contribution in [1.29, 1.82) is 0 Å². The summed E-state index contributed by atoms with van der Waals surface area (Å²) in [5, 5.41) is 4.62. The smallest absolute Gasteiger partial charge is 0.410 e. The van der Waals surface area contributed by atoms with Gasteiger partial charge in [-0.25, -0.2) is 9.78 Å². The molecule has 1 N–H and O–H groups in total. The van der Waals surface area contributed by atoms with Crippen LogP contribution in [0.25, 0.3) is 0 Å². The summed E-state index contributed by atoms with van der Waals surface area (Å²) >= 11 is 4.64. The topological polar surface area (TPSA) is 87.7 Å². The van der Waals surface area contributed by atoms with E-state index in [9.17, 15) is 9.59 Å². The molecule has 0 spiro atoms. The molecule has 0 aromatic carbocycles. The highest BCUT2D eigenvalue weighted by molar-refractivity contribution is 9.11. The van der Waals surface area contributed by atoms with Gasteiger partial charge in [0.05, 0.1) is 23.6 Å². The van der Waals surface area contributed by atoms with Crippen LogP contribution in [0.3, 0.4) is 0 Å². The van der Waals surface area contributed by atoms with E-state index < -0.39 is 5.60 Å². The number of thiazole rings is 1. The number of nitrogens with zero attached hydrogens (tertiary/aromatic N) is 4. The Kier molecular flexibility index (Phi) is 8.64. The Balaban J connectivity index is 0.00000363. The number of aromatic nitrogens is 2. The van der Waals surface area contributed by atoms with Crippen molar-refractivity contribution in [3.8, 4) is 0 Å². The molecule has 1 atom stereocenters. The minimum atomic E-state index is -0.539. The highest BCUT2D eigenvalue weighted by Crippen LogP contribution is 2.30. The van der Waals surface area contributed by atoms with Crippen LogP contribution in [0, 0.1) is 5.92 Å². The number of nitrogens with one attached hydrogen (secondary N) is 1. The zero-order chi connectivity index (χ0) is 22.8. The first kappa shape index (κ1) is 26.1. The molecule has 3 rings (SSSR count). The van der Waals surface area contributed by atoms with Gasteiger partial charge >= 0.3 is 6.09 Å². The second-order valence-electron chi connectivity index (χ2n) is 8.76. The molecular weight excluding hydrogens is 494 g/mol. The second kappa shape index (κ2) is 10.6. The first-order valence-electron chi connectivity index (χ1n) is 10.2. The zero-order valence-corrected chi connectivity index (χ0v) is 20.8. The van der Waals surface area contributed by atoms with E-state index in [1.54, 1.807) is 17.8 Å². The largest absolute Gasteiger partial charge is 0.444 e. The van der Waals surface area contributed by atoms with Gasteiger partial charge in [0, 0.05) is 31.2 Å². The maximum Gasteiger partial charge on any atom is 0.410 e. The Labute approximate surface area is 202 Å². The number of pyridine rings is 1. The third-order valence-electron chi connectivity index (χ3n) is 4.91. The van der Waals surface area contributed by atoms with E-state index in [2.05, 4.69) is 50.0 Å². The summed E-state index contributed by atoms with van der Waals surface area (Å²) in [6.07, 6.45) is 3.05. The molecule has 1 aliphatic heterocycles. The molecule has 8 nitrogen and oxygen atoms in total. The van der Waals surface area contributed by atoms with Crippen LogP contribution < -0.4 is 10.2 Å². The fourth-order valence-electron chi connectivity index (χ4n) is 3.45. The normalized spacial score (nSPS) is 16.5. The number of hydrogen-bond donors (Lipinski definition) is 1. The van der Waals surface area contributed by atoms with Crippen LogP contribution >= 0.6 is 27.3 Å². The van der Waals surface area contributed by atoms with Crippen molar-refractivity contribution in [2.45, 2.75) is 53.7 Å². The van der Waals surface area contributed by atoms with E-state index in [1.165, 1.54) is 11.3 Å². The van der Waals surface area contributed by atoms with Crippen LogP contribution in [-0.4, -0.2) is 58.1 Å². The van der Waals surface area contributed by atoms with E-state index in [0.29, 0.717) is 34.9 Å². The predicted molar refractivity (Wildman–Crippen MR) is 133 cm³/mol. The summed E-state index contributed by atoms with van der Waals surface area (Å²) in [5.74, 6) is -0.0495. The lowest BCUT2D eigenvalue weighted by molar-refractivity contribution is 0.00884. The molecule has 176 valence electrons. The molecule has 2 aromatic heterocycles. The van der Waals surface area contributed by atoms with E-state index in [1.807, 2.05) is 31.7 Å². The van der Waals surface area contributed by atoms with Gasteiger partial charge in [0.25, 0.3) is 5.91 Å². The summed E-state index contributed by atoms with van der Waals surface area (Å²) in [7, 11) is 0. The second-order valence-corrected chi connectivity index (χ2v) is 10.9. The van der Waals surface area contributed by atoms with Gasteiger partial charge < -0.3 is 19.9 Å². The molecule has 2 amide bonds. The first-order valence-corrected chi connectivity index (χ1v) is 11.8. The summed E-state index contributed by atoms with van der Waals surface area (Å²) in [5.41, 5.74) is 1.29.